The van der Waals surface area contributed by atoms with Crippen LogP contribution in [0.25, 0.3) is 0 Å². The highest BCUT2D eigenvalue weighted by Crippen LogP contribution is 2.17. The van der Waals surface area contributed by atoms with E-state index in [0.29, 0.717) is 17.5 Å². The van der Waals surface area contributed by atoms with Crippen LogP contribution in [-0.2, 0) is 4.74 Å². The van der Waals surface area contributed by atoms with E-state index in [0.717, 1.165) is 32.1 Å². The van der Waals surface area contributed by atoms with E-state index in [-0.39, 0.29) is 19.3 Å². The molecule has 28 heavy (non-hydrogen) atoms. The van der Waals surface area contributed by atoms with Crippen LogP contribution in [0.1, 0.15) is 66.7 Å². The van der Waals surface area contributed by atoms with Crippen LogP contribution in [0.3, 0.4) is 0 Å². The molecule has 0 aromatic carbocycles. The van der Waals surface area contributed by atoms with Crippen LogP contribution in [0.4, 0.5) is 4.39 Å². The van der Waals surface area contributed by atoms with E-state index in [2.05, 4.69) is 35.7 Å². The summed E-state index contributed by atoms with van der Waals surface area (Å²) >= 11 is 0. The predicted octanol–water partition coefficient (Wildman–Crippen LogP) is 4.26. The lowest BCUT2D eigenvalue weighted by Crippen LogP contribution is -2.11. The van der Waals surface area contributed by atoms with Gasteiger partial charge in [0.2, 0.25) is 0 Å². The van der Waals surface area contributed by atoms with Crippen molar-refractivity contribution in [3.63, 3.8) is 0 Å². The molecule has 5 nitrogen and oxygen atoms in total. The number of halogens is 1. The number of rotatable bonds is 6. The minimum atomic E-state index is -0.473. The second-order valence-electron chi connectivity index (χ2n) is 5.83. The highest BCUT2D eigenvalue weighted by atomic mass is 19.1. The Kier molecular flexibility index (Phi) is 25.3. The zero-order valence-electron chi connectivity index (χ0n) is 18.1. The van der Waals surface area contributed by atoms with E-state index < -0.39 is 5.97 Å². The number of nitrogens with zero attached hydrogens (tertiary/aromatic N) is 2. The molecule has 1 aliphatic heterocycles. The average Bonchev–Trinajstić information content (AvgIpc) is 3.12. The van der Waals surface area contributed by atoms with Crippen LogP contribution >= 0.6 is 0 Å². The zero-order chi connectivity index (χ0) is 22.4. The highest BCUT2D eigenvalue weighted by molar-refractivity contribution is 5.73. The molecule has 160 valence electrons. The molecular formula is C22H38FN3O2. The second kappa shape index (κ2) is 23.0. The van der Waals surface area contributed by atoms with Gasteiger partial charge < -0.3 is 15.6 Å². The molecule has 0 amide bonds. The number of nitrogens with two attached hydrogens (primary N) is 1. The molecule has 3 N–H and O–H groups in total. The molecule has 0 radical (unpaired) electrons. The van der Waals surface area contributed by atoms with Crippen molar-refractivity contribution in [3.05, 3.63) is 11.4 Å². The van der Waals surface area contributed by atoms with Gasteiger partial charge in [-0.3, -0.25) is 4.99 Å². The Balaban J connectivity index is -0.000000373. The summed E-state index contributed by atoms with van der Waals surface area (Å²) in [7, 11) is 0. The maximum atomic E-state index is 12.5. The monoisotopic (exact) mass is 395 g/mol. The van der Waals surface area contributed by atoms with Crippen molar-refractivity contribution in [3.8, 4) is 25.2 Å². The minimum Gasteiger partial charge on any atom is -0.394 e. The largest absolute Gasteiger partial charge is 0.394 e. The standard InChI is InChI=1S/C10H18FN3.C6H12O2.C4H6.C2H2/c1-4-5-6-13-10(7-12)8(2)14-9(3)11;1-5-2-3-6(4-7)8-5;1-3-4-2;1-2/h6H,4-5,7,12H2,1-3H3;5-7H,2-4H2,1H3;1H,4H2,2H3;1-2H/b10-8+,13-6?,14-9?;;;. The summed E-state index contributed by atoms with van der Waals surface area (Å²) in [6.07, 6.45) is 20.0. The molecule has 0 bridgehead atoms. The van der Waals surface area contributed by atoms with Gasteiger partial charge in [0.15, 0.2) is 5.97 Å². The Hall–Kier alpha value is -1.99. The highest BCUT2D eigenvalue weighted by Gasteiger charge is 2.19. The molecule has 0 spiro atoms. The summed E-state index contributed by atoms with van der Waals surface area (Å²) in [6.45, 7) is 9.51. The first-order valence-electron chi connectivity index (χ1n) is 9.52. The SMILES string of the molecule is C#C.C#CCC.CC1CCC(CO)O1.CCCC=N/C(CN)=C(\C)N=C(C)F. The van der Waals surface area contributed by atoms with Crippen LogP contribution in [0.15, 0.2) is 21.4 Å². The molecule has 2 unspecified atom stereocenters. The summed E-state index contributed by atoms with van der Waals surface area (Å²) in [4.78, 5) is 7.80. The van der Waals surface area contributed by atoms with Crippen LogP contribution < -0.4 is 5.73 Å². The van der Waals surface area contributed by atoms with Gasteiger partial charge in [-0.15, -0.1) is 25.2 Å². The first kappa shape index (κ1) is 30.7. The molecule has 0 aromatic heterocycles. The Bertz CT molecular complexity index is 516. The van der Waals surface area contributed by atoms with E-state index in [1.54, 1.807) is 13.1 Å². The Morgan fingerprint density at radius 3 is 2.18 bits per heavy atom. The third-order valence-electron chi connectivity index (χ3n) is 3.33. The average molecular weight is 396 g/mol. The number of aliphatic hydroxyl groups is 1. The number of hydrogen-bond acceptors (Lipinski definition) is 5. The zero-order valence-corrected chi connectivity index (χ0v) is 18.1. The van der Waals surface area contributed by atoms with Gasteiger partial charge in [0.1, 0.15) is 0 Å². The molecule has 0 saturated carbocycles. The first-order valence-corrected chi connectivity index (χ1v) is 9.52. The van der Waals surface area contributed by atoms with Crippen LogP contribution in [-0.4, -0.2) is 42.6 Å². The number of aliphatic hydroxyl groups excluding tert-OH is 1. The summed E-state index contributed by atoms with van der Waals surface area (Å²) in [6, 6.07) is 0. The van der Waals surface area contributed by atoms with Crippen molar-refractivity contribution >= 4 is 12.2 Å². The fourth-order valence-corrected chi connectivity index (χ4v) is 1.91. The lowest BCUT2D eigenvalue weighted by Gasteiger charge is -2.05. The number of terminal acetylenes is 2. The summed E-state index contributed by atoms with van der Waals surface area (Å²) in [5, 5.41) is 8.56. The number of allylic oxidation sites excluding steroid dienone is 1. The fraction of sp³-hybridized carbons (Fsp3) is 0.636. The molecule has 1 fully saturated rings. The quantitative estimate of drug-likeness (QED) is 0.521. The molecule has 1 rings (SSSR count). The molecule has 0 aliphatic carbocycles. The van der Waals surface area contributed by atoms with Crippen molar-refractivity contribution < 1.29 is 14.2 Å². The number of ether oxygens (including phenoxy) is 1. The van der Waals surface area contributed by atoms with Crippen molar-refractivity contribution in [2.24, 2.45) is 15.7 Å². The van der Waals surface area contributed by atoms with Gasteiger partial charge >= 0.3 is 0 Å². The van der Waals surface area contributed by atoms with Gasteiger partial charge in [-0.2, -0.15) is 4.39 Å². The van der Waals surface area contributed by atoms with Gasteiger partial charge in [-0.05, 0) is 33.1 Å². The summed E-state index contributed by atoms with van der Waals surface area (Å²) in [5.74, 6) is 1.96. The first-order chi connectivity index (χ1) is 13.4. The van der Waals surface area contributed by atoms with Gasteiger partial charge in [-0.25, -0.2) is 4.99 Å². The molecule has 6 heteroatoms. The molecule has 1 aliphatic rings. The van der Waals surface area contributed by atoms with Crippen molar-refractivity contribution in [2.45, 2.75) is 78.9 Å². The third-order valence-corrected chi connectivity index (χ3v) is 3.33. The smallest absolute Gasteiger partial charge is 0.186 e. The Morgan fingerprint density at radius 1 is 1.32 bits per heavy atom. The van der Waals surface area contributed by atoms with Crippen molar-refractivity contribution in [1.82, 2.24) is 0 Å². The summed E-state index contributed by atoms with van der Waals surface area (Å²) in [5.41, 5.74) is 6.64. The van der Waals surface area contributed by atoms with Gasteiger partial charge in [0.05, 0.1) is 30.2 Å². The maximum absolute atomic E-state index is 12.5. The fourth-order valence-electron chi connectivity index (χ4n) is 1.91. The van der Waals surface area contributed by atoms with E-state index in [1.165, 1.54) is 6.92 Å². The molecule has 1 heterocycles. The van der Waals surface area contributed by atoms with E-state index in [1.807, 2.05) is 13.8 Å². The minimum absolute atomic E-state index is 0.130. The predicted molar refractivity (Wildman–Crippen MR) is 119 cm³/mol. The van der Waals surface area contributed by atoms with Crippen LogP contribution in [0.2, 0.25) is 0 Å². The second-order valence-corrected chi connectivity index (χ2v) is 5.83. The molecule has 1 saturated heterocycles. The Morgan fingerprint density at radius 2 is 1.89 bits per heavy atom. The third kappa shape index (κ3) is 20.3. The number of hydrogen-bond donors (Lipinski definition) is 2. The molecular weight excluding hydrogens is 357 g/mol. The van der Waals surface area contributed by atoms with Crippen LogP contribution in [0.5, 0.6) is 0 Å². The Labute approximate surface area is 171 Å². The maximum Gasteiger partial charge on any atom is 0.186 e. The van der Waals surface area contributed by atoms with Gasteiger partial charge in [-0.1, -0.05) is 20.3 Å². The summed E-state index contributed by atoms with van der Waals surface area (Å²) < 4.78 is 17.7. The normalized spacial score (nSPS) is 19.1. The lowest BCUT2D eigenvalue weighted by molar-refractivity contribution is 0.0198. The van der Waals surface area contributed by atoms with E-state index >= 15 is 0 Å². The van der Waals surface area contributed by atoms with E-state index in [4.69, 9.17) is 22.0 Å². The van der Waals surface area contributed by atoms with Gasteiger partial charge in [0, 0.05) is 26.1 Å². The number of unbranched alkanes of at least 4 members (excludes halogenated alkanes) is 1. The van der Waals surface area contributed by atoms with Crippen LogP contribution in [0, 0.1) is 25.2 Å². The molecule has 2 atom stereocenters. The van der Waals surface area contributed by atoms with Gasteiger partial charge in [0.25, 0.3) is 0 Å². The number of aliphatic imine (C=N–C) groups is 2. The topological polar surface area (TPSA) is 80.2 Å². The van der Waals surface area contributed by atoms with Crippen molar-refractivity contribution in [1.29, 1.82) is 0 Å². The van der Waals surface area contributed by atoms with Crippen molar-refractivity contribution in [2.75, 3.05) is 13.2 Å². The molecule has 0 aromatic rings. The van der Waals surface area contributed by atoms with E-state index in [9.17, 15) is 4.39 Å². The lowest BCUT2D eigenvalue weighted by atomic mass is 10.2.